The Morgan fingerprint density at radius 2 is 1.74 bits per heavy atom. The fourth-order valence-electron chi connectivity index (χ4n) is 4.99. The van der Waals surface area contributed by atoms with Crippen molar-refractivity contribution < 1.29 is 18.7 Å². The van der Waals surface area contributed by atoms with Crippen molar-refractivity contribution in [3.63, 3.8) is 0 Å². The molecule has 0 radical (unpaired) electrons. The van der Waals surface area contributed by atoms with Crippen LogP contribution in [0.5, 0.6) is 5.75 Å². The van der Waals surface area contributed by atoms with Gasteiger partial charge in [0, 0.05) is 44.8 Å². The highest BCUT2D eigenvalue weighted by Crippen LogP contribution is 2.21. The maximum atomic E-state index is 13.1. The summed E-state index contributed by atoms with van der Waals surface area (Å²) < 4.78 is 19.0. The molecule has 2 aliphatic heterocycles. The van der Waals surface area contributed by atoms with E-state index in [1.54, 1.807) is 29.2 Å². The normalized spacial score (nSPS) is 17.9. The van der Waals surface area contributed by atoms with Crippen molar-refractivity contribution >= 4 is 11.8 Å². The van der Waals surface area contributed by atoms with Crippen LogP contribution < -0.4 is 10.1 Å². The summed E-state index contributed by atoms with van der Waals surface area (Å²) in [4.78, 5) is 34.0. The number of nitriles is 1. The van der Waals surface area contributed by atoms with Gasteiger partial charge in [-0.1, -0.05) is 12.1 Å². The van der Waals surface area contributed by atoms with Gasteiger partial charge in [0.2, 0.25) is 0 Å². The third-order valence-corrected chi connectivity index (χ3v) is 7.20. The van der Waals surface area contributed by atoms with Crippen LogP contribution in [0.15, 0.2) is 66.9 Å². The molecule has 200 valence electrons. The number of carbonyl (C=O) groups excluding carboxylic acids is 2. The molecule has 3 aromatic rings. The van der Waals surface area contributed by atoms with Crippen LogP contribution in [0.3, 0.4) is 0 Å². The van der Waals surface area contributed by atoms with E-state index in [0.29, 0.717) is 36.4 Å². The van der Waals surface area contributed by atoms with E-state index in [9.17, 15) is 14.0 Å². The van der Waals surface area contributed by atoms with E-state index in [4.69, 9.17) is 10.00 Å². The van der Waals surface area contributed by atoms with Crippen molar-refractivity contribution in [1.29, 1.82) is 5.26 Å². The van der Waals surface area contributed by atoms with Gasteiger partial charge in [0.1, 0.15) is 23.4 Å². The lowest BCUT2D eigenvalue weighted by Crippen LogP contribution is -2.44. The predicted octanol–water partition coefficient (Wildman–Crippen LogP) is 3.78. The molecule has 3 heterocycles. The summed E-state index contributed by atoms with van der Waals surface area (Å²) in [7, 11) is 0. The second-order valence-electron chi connectivity index (χ2n) is 10.00. The fraction of sp³-hybridized carbons (Fsp3) is 0.333. The smallest absolute Gasteiger partial charge is 0.270 e. The number of nitrogens with zero attached hydrogens (tertiary/aromatic N) is 4. The highest BCUT2D eigenvalue weighted by atomic mass is 19.1. The number of benzene rings is 2. The highest BCUT2D eigenvalue weighted by Gasteiger charge is 2.29. The minimum Gasteiger partial charge on any atom is -0.489 e. The Labute approximate surface area is 227 Å². The Morgan fingerprint density at radius 1 is 1.00 bits per heavy atom. The molecule has 2 aliphatic rings. The lowest BCUT2D eigenvalue weighted by atomic mass is 10.0. The van der Waals surface area contributed by atoms with Gasteiger partial charge >= 0.3 is 0 Å². The van der Waals surface area contributed by atoms with Crippen LogP contribution >= 0.6 is 0 Å². The lowest BCUT2D eigenvalue weighted by Gasteiger charge is -2.32. The summed E-state index contributed by atoms with van der Waals surface area (Å²) in [6, 6.07) is 18.9. The zero-order valence-electron chi connectivity index (χ0n) is 21.6. The summed E-state index contributed by atoms with van der Waals surface area (Å²) in [5.74, 6) is -0.149. The predicted molar refractivity (Wildman–Crippen MR) is 142 cm³/mol. The van der Waals surface area contributed by atoms with Crippen LogP contribution in [0.2, 0.25) is 0 Å². The molecule has 0 saturated carbocycles. The van der Waals surface area contributed by atoms with Crippen molar-refractivity contribution in [2.45, 2.75) is 38.0 Å². The fourth-order valence-corrected chi connectivity index (χ4v) is 4.99. The summed E-state index contributed by atoms with van der Waals surface area (Å²) in [6.07, 6.45) is 3.66. The molecule has 1 atom stereocenters. The van der Waals surface area contributed by atoms with Crippen LogP contribution in [0.4, 0.5) is 4.39 Å². The largest absolute Gasteiger partial charge is 0.489 e. The van der Waals surface area contributed by atoms with E-state index in [2.05, 4.69) is 21.3 Å². The summed E-state index contributed by atoms with van der Waals surface area (Å²) in [6.45, 7) is 3.54. The average molecular weight is 528 g/mol. The van der Waals surface area contributed by atoms with Gasteiger partial charge in [-0.25, -0.2) is 4.39 Å². The minimum atomic E-state index is -0.323. The van der Waals surface area contributed by atoms with Crippen LogP contribution in [-0.4, -0.2) is 64.9 Å². The summed E-state index contributed by atoms with van der Waals surface area (Å²) >= 11 is 0. The Morgan fingerprint density at radius 3 is 2.41 bits per heavy atom. The quantitative estimate of drug-likeness (QED) is 0.502. The zero-order valence-corrected chi connectivity index (χ0v) is 21.6. The van der Waals surface area contributed by atoms with Crippen LogP contribution in [0.25, 0.3) is 0 Å². The van der Waals surface area contributed by atoms with E-state index < -0.39 is 0 Å². The van der Waals surface area contributed by atoms with E-state index in [-0.39, 0.29) is 35.5 Å². The molecule has 2 saturated heterocycles. The Bertz CT molecular complexity index is 1330. The second-order valence-corrected chi connectivity index (χ2v) is 10.00. The van der Waals surface area contributed by atoms with Gasteiger partial charge < -0.3 is 15.0 Å². The molecule has 0 spiro atoms. The van der Waals surface area contributed by atoms with E-state index in [1.807, 2.05) is 24.3 Å². The van der Waals surface area contributed by atoms with Crippen LogP contribution in [0, 0.1) is 17.1 Å². The second kappa shape index (κ2) is 12.0. The van der Waals surface area contributed by atoms with Crippen molar-refractivity contribution in [3.05, 3.63) is 95.1 Å². The molecule has 39 heavy (non-hydrogen) atoms. The Balaban J connectivity index is 1.07. The van der Waals surface area contributed by atoms with Gasteiger partial charge in [0.05, 0.1) is 23.7 Å². The molecule has 2 aromatic carbocycles. The molecule has 5 rings (SSSR count). The van der Waals surface area contributed by atoms with Gasteiger partial charge in [0.15, 0.2) is 0 Å². The number of piperidine rings is 1. The van der Waals surface area contributed by atoms with Crippen molar-refractivity contribution in [2.75, 3.05) is 26.2 Å². The molecule has 1 aromatic heterocycles. The first-order chi connectivity index (χ1) is 19.0. The van der Waals surface area contributed by atoms with Gasteiger partial charge in [0.25, 0.3) is 11.8 Å². The molecule has 0 bridgehead atoms. The SMILES string of the molecule is N#Cc1ccc(CN2CCC(NC(=O)c3ccc(C(=O)N4CC[C@H](Oc5ccc(F)cc5)C4)cn3)CC2)cc1. The maximum Gasteiger partial charge on any atom is 0.270 e. The maximum absolute atomic E-state index is 13.1. The number of ether oxygens (including phenoxy) is 1. The number of halogens is 1. The number of nitrogens with one attached hydrogen (secondary N) is 1. The summed E-state index contributed by atoms with van der Waals surface area (Å²) in [5.41, 5.74) is 2.53. The number of hydrogen-bond acceptors (Lipinski definition) is 6. The number of pyridine rings is 1. The zero-order chi connectivity index (χ0) is 27.2. The van der Waals surface area contributed by atoms with Crippen LogP contribution in [-0.2, 0) is 6.54 Å². The first kappa shape index (κ1) is 26.3. The van der Waals surface area contributed by atoms with Crippen LogP contribution in [0.1, 0.15) is 51.2 Å². The van der Waals surface area contributed by atoms with Gasteiger partial charge in [-0.15, -0.1) is 0 Å². The number of aromatic nitrogens is 1. The molecule has 8 nitrogen and oxygen atoms in total. The average Bonchev–Trinajstić information content (AvgIpc) is 3.44. The first-order valence-electron chi connectivity index (χ1n) is 13.2. The van der Waals surface area contributed by atoms with E-state index >= 15 is 0 Å². The van der Waals surface area contributed by atoms with Gasteiger partial charge in [-0.05, 0) is 66.9 Å². The standard InChI is InChI=1S/C30H30FN5O3/c31-24-6-8-26(9-7-24)39-27-13-16-36(20-27)30(38)23-5-10-28(33-18-23)29(37)34-25-11-14-35(15-12-25)19-22-3-1-21(17-32)2-4-22/h1-10,18,25,27H,11-16,19-20H2,(H,34,37)/t27-/m0/s1. The number of carbonyl (C=O) groups is 2. The van der Waals surface area contributed by atoms with Gasteiger partial charge in [-0.2, -0.15) is 5.26 Å². The third-order valence-electron chi connectivity index (χ3n) is 7.20. The van der Waals surface area contributed by atoms with Gasteiger partial charge in [-0.3, -0.25) is 19.5 Å². The minimum absolute atomic E-state index is 0.0699. The monoisotopic (exact) mass is 527 g/mol. The molecule has 2 amide bonds. The molecule has 0 unspecified atom stereocenters. The molecular weight excluding hydrogens is 497 g/mol. The Kier molecular flexibility index (Phi) is 8.13. The molecule has 1 N–H and O–H groups in total. The van der Waals surface area contributed by atoms with Crippen molar-refractivity contribution in [2.24, 2.45) is 0 Å². The Hall–Kier alpha value is -4.29. The van der Waals surface area contributed by atoms with Crippen molar-refractivity contribution in [3.8, 4) is 11.8 Å². The summed E-state index contributed by atoms with van der Waals surface area (Å²) in [5, 5.41) is 12.0. The number of amides is 2. The highest BCUT2D eigenvalue weighted by molar-refractivity contribution is 5.96. The third kappa shape index (κ3) is 6.78. The topological polar surface area (TPSA) is 98.6 Å². The molecule has 0 aliphatic carbocycles. The van der Waals surface area contributed by atoms with Crippen molar-refractivity contribution in [1.82, 2.24) is 20.1 Å². The molecule has 9 heteroatoms. The molecule has 2 fully saturated rings. The number of likely N-dealkylation sites (tertiary alicyclic amines) is 2. The van der Waals surface area contributed by atoms with E-state index in [1.165, 1.54) is 23.9 Å². The van der Waals surface area contributed by atoms with E-state index in [0.717, 1.165) is 32.5 Å². The number of rotatable bonds is 7. The lowest BCUT2D eigenvalue weighted by molar-refractivity contribution is 0.0770. The first-order valence-corrected chi connectivity index (χ1v) is 13.2. The molecular formula is C30H30FN5O3. The number of hydrogen-bond donors (Lipinski definition) is 1.